The van der Waals surface area contributed by atoms with Crippen molar-refractivity contribution >= 4 is 11.6 Å². The van der Waals surface area contributed by atoms with E-state index in [0.717, 1.165) is 5.56 Å². The molecule has 0 radical (unpaired) electrons. The van der Waals surface area contributed by atoms with Crippen LogP contribution in [0.5, 0.6) is 0 Å². The molecule has 5 heteroatoms. The predicted octanol–water partition coefficient (Wildman–Crippen LogP) is 0.937. The monoisotopic (exact) mass is 267 g/mol. The molecule has 0 aliphatic heterocycles. The third-order valence-electron chi connectivity index (χ3n) is 2.52. The molecular weight excluding hydrogens is 254 g/mol. The molecule has 4 N–H and O–H groups in total. The Morgan fingerprint density at radius 3 is 2.90 bits per heavy atom. The minimum Gasteiger partial charge on any atom is -0.328 e. The zero-order valence-electron chi connectivity index (χ0n) is 10.6. The molecule has 0 atom stereocenters. The third kappa shape index (κ3) is 3.34. The molecule has 1 amide bonds. The van der Waals surface area contributed by atoms with E-state index in [2.05, 4.69) is 22.1 Å². The lowest BCUT2D eigenvalue weighted by atomic mass is 10.2. The van der Waals surface area contributed by atoms with E-state index in [1.54, 1.807) is 24.3 Å². The number of hydrogen-bond acceptors (Lipinski definition) is 3. The van der Waals surface area contributed by atoms with E-state index in [4.69, 9.17) is 5.73 Å². The number of anilines is 1. The van der Waals surface area contributed by atoms with E-state index >= 15 is 0 Å². The van der Waals surface area contributed by atoms with Gasteiger partial charge in [-0.1, -0.05) is 17.9 Å². The Balaban J connectivity index is 2.20. The molecule has 0 aliphatic rings. The Bertz CT molecular complexity index is 738. The van der Waals surface area contributed by atoms with Crippen LogP contribution in [0.3, 0.4) is 0 Å². The molecule has 1 aromatic heterocycles. The van der Waals surface area contributed by atoms with Crippen LogP contribution >= 0.6 is 0 Å². The van der Waals surface area contributed by atoms with Crippen molar-refractivity contribution in [2.75, 3.05) is 11.9 Å². The third-order valence-corrected chi connectivity index (χ3v) is 2.52. The van der Waals surface area contributed by atoms with Gasteiger partial charge in [0.2, 0.25) is 0 Å². The SMILES string of the molecule is NCC#Cc1cccc(NC(=O)c2ccc[nH]c2=O)c1. The number of pyridine rings is 1. The molecule has 2 rings (SSSR count). The first-order valence-corrected chi connectivity index (χ1v) is 5.99. The molecule has 5 nitrogen and oxygen atoms in total. The molecule has 0 fully saturated rings. The van der Waals surface area contributed by atoms with Crippen LogP contribution in [0.15, 0.2) is 47.4 Å². The van der Waals surface area contributed by atoms with E-state index in [-0.39, 0.29) is 12.1 Å². The maximum Gasteiger partial charge on any atom is 0.261 e. The number of carbonyl (C=O) groups excluding carboxylic acids is 1. The molecule has 20 heavy (non-hydrogen) atoms. The van der Waals surface area contributed by atoms with Crippen LogP contribution in [0.1, 0.15) is 15.9 Å². The van der Waals surface area contributed by atoms with E-state index in [9.17, 15) is 9.59 Å². The minimum atomic E-state index is -0.462. The van der Waals surface area contributed by atoms with Crippen molar-refractivity contribution in [1.82, 2.24) is 4.98 Å². The lowest BCUT2D eigenvalue weighted by molar-refractivity contribution is 0.102. The zero-order chi connectivity index (χ0) is 14.4. The molecule has 0 saturated carbocycles. The second kappa shape index (κ2) is 6.36. The highest BCUT2D eigenvalue weighted by Gasteiger charge is 2.09. The highest BCUT2D eigenvalue weighted by atomic mass is 16.2. The maximum atomic E-state index is 12.0. The summed E-state index contributed by atoms with van der Waals surface area (Å²) in [6, 6.07) is 10.1. The summed E-state index contributed by atoms with van der Waals surface area (Å²) < 4.78 is 0. The summed E-state index contributed by atoms with van der Waals surface area (Å²) in [5, 5.41) is 2.66. The van der Waals surface area contributed by atoms with Gasteiger partial charge < -0.3 is 16.0 Å². The molecule has 2 aromatic rings. The first kappa shape index (κ1) is 13.6. The van der Waals surface area contributed by atoms with Gasteiger partial charge in [0, 0.05) is 17.4 Å². The normalized spacial score (nSPS) is 9.45. The number of H-pyrrole nitrogens is 1. The Labute approximate surface area is 115 Å². The number of amides is 1. The van der Waals surface area contributed by atoms with Crippen LogP contribution < -0.4 is 16.6 Å². The second-order valence-electron chi connectivity index (χ2n) is 3.95. The highest BCUT2D eigenvalue weighted by Crippen LogP contribution is 2.10. The molecule has 0 aliphatic carbocycles. The average molecular weight is 267 g/mol. The van der Waals surface area contributed by atoms with Crippen LogP contribution in [-0.4, -0.2) is 17.4 Å². The summed E-state index contributed by atoms with van der Waals surface area (Å²) in [5.74, 6) is 5.15. The van der Waals surface area contributed by atoms with Crippen molar-refractivity contribution in [2.45, 2.75) is 0 Å². The van der Waals surface area contributed by atoms with Crippen molar-refractivity contribution in [3.8, 4) is 11.8 Å². The summed E-state index contributed by atoms with van der Waals surface area (Å²) in [4.78, 5) is 25.9. The summed E-state index contributed by atoms with van der Waals surface area (Å²) in [6.45, 7) is 0.274. The van der Waals surface area contributed by atoms with Crippen LogP contribution in [0.2, 0.25) is 0 Å². The fourth-order valence-corrected chi connectivity index (χ4v) is 1.63. The first-order chi connectivity index (χ1) is 9.70. The number of aromatic nitrogens is 1. The summed E-state index contributed by atoms with van der Waals surface area (Å²) >= 11 is 0. The van der Waals surface area contributed by atoms with Gasteiger partial charge in [0.15, 0.2) is 0 Å². The van der Waals surface area contributed by atoms with Gasteiger partial charge in [-0.05, 0) is 30.3 Å². The smallest absolute Gasteiger partial charge is 0.261 e. The van der Waals surface area contributed by atoms with Gasteiger partial charge >= 0.3 is 0 Å². The van der Waals surface area contributed by atoms with Crippen molar-refractivity contribution in [2.24, 2.45) is 5.73 Å². The Kier molecular flexibility index (Phi) is 4.32. The van der Waals surface area contributed by atoms with Gasteiger partial charge in [-0.25, -0.2) is 0 Å². The number of nitrogens with two attached hydrogens (primary N) is 1. The van der Waals surface area contributed by atoms with E-state index in [0.29, 0.717) is 5.69 Å². The van der Waals surface area contributed by atoms with Crippen LogP contribution in [-0.2, 0) is 0 Å². The minimum absolute atomic E-state index is 0.0611. The Morgan fingerprint density at radius 2 is 2.15 bits per heavy atom. The maximum absolute atomic E-state index is 12.0. The standard InChI is InChI=1S/C15H13N3O2/c16-8-2-5-11-4-1-6-12(10-11)18-15(20)13-7-3-9-17-14(13)19/h1,3-4,6-7,9-10H,8,16H2,(H,17,19)(H,18,20). The molecule has 0 spiro atoms. The zero-order valence-corrected chi connectivity index (χ0v) is 10.6. The van der Waals surface area contributed by atoms with Crippen molar-refractivity contribution in [1.29, 1.82) is 0 Å². The van der Waals surface area contributed by atoms with Gasteiger partial charge in [0.05, 0.1) is 6.54 Å². The fraction of sp³-hybridized carbons (Fsp3) is 0.0667. The fourth-order valence-electron chi connectivity index (χ4n) is 1.63. The van der Waals surface area contributed by atoms with Crippen molar-refractivity contribution in [3.05, 3.63) is 64.1 Å². The van der Waals surface area contributed by atoms with Crippen LogP contribution in [0, 0.1) is 11.8 Å². The summed E-state index contributed by atoms with van der Waals surface area (Å²) in [6.07, 6.45) is 1.47. The molecule has 100 valence electrons. The van der Waals surface area contributed by atoms with Gasteiger partial charge in [-0.3, -0.25) is 9.59 Å². The molecule has 1 heterocycles. The molecule has 0 bridgehead atoms. The van der Waals surface area contributed by atoms with Crippen LogP contribution in [0.25, 0.3) is 0 Å². The number of carbonyl (C=O) groups is 1. The molecule has 1 aromatic carbocycles. The average Bonchev–Trinajstić information content (AvgIpc) is 2.46. The predicted molar refractivity (Wildman–Crippen MR) is 77.4 cm³/mol. The number of aromatic amines is 1. The summed E-state index contributed by atoms with van der Waals surface area (Å²) in [7, 11) is 0. The summed E-state index contributed by atoms with van der Waals surface area (Å²) in [5.41, 5.74) is 6.26. The highest BCUT2D eigenvalue weighted by molar-refractivity contribution is 6.04. The Hall–Kier alpha value is -2.84. The van der Waals surface area contributed by atoms with Gasteiger partial charge in [0.1, 0.15) is 5.56 Å². The van der Waals surface area contributed by atoms with Crippen LogP contribution in [0.4, 0.5) is 5.69 Å². The molecular formula is C15H13N3O2. The number of rotatable bonds is 2. The van der Waals surface area contributed by atoms with Gasteiger partial charge in [-0.2, -0.15) is 0 Å². The van der Waals surface area contributed by atoms with Gasteiger partial charge in [0.25, 0.3) is 11.5 Å². The molecule has 0 unspecified atom stereocenters. The quantitative estimate of drug-likeness (QED) is 0.707. The van der Waals surface area contributed by atoms with E-state index < -0.39 is 11.5 Å². The van der Waals surface area contributed by atoms with Gasteiger partial charge in [-0.15, -0.1) is 0 Å². The molecule has 0 saturated heterocycles. The lowest BCUT2D eigenvalue weighted by Gasteiger charge is -2.04. The van der Waals surface area contributed by atoms with Crippen molar-refractivity contribution < 1.29 is 4.79 Å². The largest absolute Gasteiger partial charge is 0.328 e. The second-order valence-corrected chi connectivity index (χ2v) is 3.95. The number of benzene rings is 1. The number of hydrogen-bond donors (Lipinski definition) is 3. The topological polar surface area (TPSA) is 88.0 Å². The van der Waals surface area contributed by atoms with E-state index in [1.165, 1.54) is 12.3 Å². The Morgan fingerprint density at radius 1 is 1.30 bits per heavy atom. The van der Waals surface area contributed by atoms with E-state index in [1.807, 2.05) is 6.07 Å². The number of nitrogens with one attached hydrogen (secondary N) is 2. The van der Waals surface area contributed by atoms with Crippen molar-refractivity contribution in [3.63, 3.8) is 0 Å². The first-order valence-electron chi connectivity index (χ1n) is 5.99. The lowest BCUT2D eigenvalue weighted by Crippen LogP contribution is -2.22.